The molecule has 3 aromatic rings. The number of nitrogens with zero attached hydrogens (tertiary/aromatic N) is 1. The third-order valence-electron chi connectivity index (χ3n) is 4.11. The first kappa shape index (κ1) is 22.1. The van der Waals surface area contributed by atoms with Crippen molar-refractivity contribution in [2.75, 3.05) is 7.11 Å². The lowest BCUT2D eigenvalue weighted by Crippen LogP contribution is -2.23. The standard InChI is InChI=1S/C19H19N3O3.C4H10.H2/c1-3-12-4-5-14(19(24)25-2)9-15(12)10-22-18(23)16-8-13-6-7-20-17(13)21-11-16;1-4(2)3;/h4-9,11H,3,10H2,1-2H3,(H,20,21)(H,22,23);4H,1-3H3;1H. The van der Waals surface area contributed by atoms with Gasteiger partial charge in [0.05, 0.1) is 18.2 Å². The van der Waals surface area contributed by atoms with Crippen LogP contribution in [0.15, 0.2) is 42.7 Å². The summed E-state index contributed by atoms with van der Waals surface area (Å²) in [5.41, 5.74) is 3.69. The quantitative estimate of drug-likeness (QED) is 0.609. The van der Waals surface area contributed by atoms with Crippen molar-refractivity contribution < 1.29 is 15.8 Å². The predicted octanol–water partition coefficient (Wildman–Crippen LogP) is 4.75. The fraction of sp³-hybridized carbons (Fsp3) is 0.348. The highest BCUT2D eigenvalue weighted by Gasteiger charge is 2.12. The van der Waals surface area contributed by atoms with Gasteiger partial charge in [0.2, 0.25) is 0 Å². The van der Waals surface area contributed by atoms with Crippen LogP contribution in [0.4, 0.5) is 0 Å². The molecule has 0 atom stereocenters. The average molecular weight is 398 g/mol. The SMILES string of the molecule is CC(C)C.CCc1ccc(C(=O)OC)cc1CNC(=O)c1cnc2[nH]ccc2c1.[HH]. The molecule has 0 spiro atoms. The van der Waals surface area contributed by atoms with Gasteiger partial charge in [-0.15, -0.1) is 0 Å². The molecule has 0 unspecified atom stereocenters. The van der Waals surface area contributed by atoms with E-state index >= 15 is 0 Å². The fourth-order valence-corrected chi connectivity index (χ4v) is 2.72. The molecule has 0 fully saturated rings. The van der Waals surface area contributed by atoms with Crippen LogP contribution >= 0.6 is 0 Å². The number of ether oxygens (including phenoxy) is 1. The van der Waals surface area contributed by atoms with Crippen molar-refractivity contribution in [1.29, 1.82) is 0 Å². The molecule has 0 aliphatic rings. The van der Waals surface area contributed by atoms with Crippen LogP contribution in [-0.2, 0) is 17.7 Å². The van der Waals surface area contributed by atoms with Gasteiger partial charge in [0.25, 0.3) is 5.91 Å². The molecule has 0 radical (unpaired) electrons. The van der Waals surface area contributed by atoms with E-state index in [4.69, 9.17) is 4.74 Å². The Morgan fingerprint density at radius 3 is 2.52 bits per heavy atom. The van der Waals surface area contributed by atoms with Gasteiger partial charge in [-0.05, 0) is 47.7 Å². The number of pyridine rings is 1. The summed E-state index contributed by atoms with van der Waals surface area (Å²) in [5.74, 6) is 0.235. The molecule has 2 heterocycles. The van der Waals surface area contributed by atoms with Crippen molar-refractivity contribution in [2.24, 2.45) is 5.92 Å². The van der Waals surface area contributed by atoms with Gasteiger partial charge in [0, 0.05) is 25.8 Å². The third kappa shape index (κ3) is 6.17. The Balaban J connectivity index is 0.000000827. The normalized spacial score (nSPS) is 10.4. The molecule has 1 amide bonds. The number of aromatic amines is 1. The molecule has 0 saturated heterocycles. The number of aromatic nitrogens is 2. The van der Waals surface area contributed by atoms with Gasteiger partial charge >= 0.3 is 5.97 Å². The number of esters is 1. The number of hydrogen-bond donors (Lipinski definition) is 2. The number of hydrogen-bond acceptors (Lipinski definition) is 4. The van der Waals surface area contributed by atoms with E-state index in [1.54, 1.807) is 30.6 Å². The lowest BCUT2D eigenvalue weighted by molar-refractivity contribution is 0.0600. The van der Waals surface area contributed by atoms with Crippen molar-refractivity contribution in [3.8, 4) is 0 Å². The zero-order valence-electron chi connectivity index (χ0n) is 17.7. The number of nitrogens with one attached hydrogen (secondary N) is 2. The molecule has 6 heteroatoms. The van der Waals surface area contributed by atoms with Crippen LogP contribution in [0.25, 0.3) is 11.0 Å². The molecule has 2 N–H and O–H groups in total. The monoisotopic (exact) mass is 397 g/mol. The highest BCUT2D eigenvalue weighted by molar-refractivity contribution is 5.97. The first-order valence-corrected chi connectivity index (χ1v) is 9.77. The maximum atomic E-state index is 12.4. The molecule has 156 valence electrons. The Morgan fingerprint density at radius 2 is 1.86 bits per heavy atom. The fourth-order valence-electron chi connectivity index (χ4n) is 2.72. The van der Waals surface area contributed by atoms with Crippen LogP contribution in [0.1, 0.15) is 61.0 Å². The molecular weight excluding hydrogens is 366 g/mol. The Morgan fingerprint density at radius 1 is 1.14 bits per heavy atom. The Kier molecular flexibility index (Phi) is 7.95. The van der Waals surface area contributed by atoms with Gasteiger partial charge < -0.3 is 15.0 Å². The first-order valence-electron chi connectivity index (χ1n) is 9.77. The van der Waals surface area contributed by atoms with E-state index in [2.05, 4.69) is 36.1 Å². The zero-order valence-corrected chi connectivity index (χ0v) is 17.7. The van der Waals surface area contributed by atoms with E-state index in [0.29, 0.717) is 17.7 Å². The molecule has 1 aromatic carbocycles. The Hall–Kier alpha value is -3.15. The van der Waals surface area contributed by atoms with E-state index < -0.39 is 5.97 Å². The molecule has 2 aromatic heterocycles. The second-order valence-corrected chi connectivity index (χ2v) is 7.38. The first-order chi connectivity index (χ1) is 13.8. The van der Waals surface area contributed by atoms with E-state index in [9.17, 15) is 9.59 Å². The topological polar surface area (TPSA) is 84.1 Å². The molecule has 0 bridgehead atoms. The maximum absolute atomic E-state index is 12.4. The van der Waals surface area contributed by atoms with Crippen molar-refractivity contribution in [1.82, 2.24) is 15.3 Å². The van der Waals surface area contributed by atoms with E-state index in [1.807, 2.05) is 19.1 Å². The number of aryl methyl sites for hydroxylation is 1. The number of H-pyrrole nitrogens is 1. The Bertz CT molecular complexity index is 980. The average Bonchev–Trinajstić information content (AvgIpc) is 3.18. The van der Waals surface area contributed by atoms with Gasteiger partial charge in [-0.1, -0.05) is 33.8 Å². The van der Waals surface area contributed by atoms with Crippen molar-refractivity contribution in [2.45, 2.75) is 40.7 Å². The van der Waals surface area contributed by atoms with Gasteiger partial charge in [-0.25, -0.2) is 9.78 Å². The largest absolute Gasteiger partial charge is 0.465 e. The maximum Gasteiger partial charge on any atom is 0.337 e. The smallest absolute Gasteiger partial charge is 0.337 e. The lowest BCUT2D eigenvalue weighted by atomic mass is 10.0. The summed E-state index contributed by atoms with van der Waals surface area (Å²) in [6, 6.07) is 9.05. The minimum Gasteiger partial charge on any atom is -0.465 e. The van der Waals surface area contributed by atoms with Crippen LogP contribution in [0, 0.1) is 5.92 Å². The van der Waals surface area contributed by atoms with Gasteiger partial charge in [-0.2, -0.15) is 0 Å². The van der Waals surface area contributed by atoms with Crippen LogP contribution in [0.5, 0.6) is 0 Å². The number of carbonyl (C=O) groups is 2. The van der Waals surface area contributed by atoms with Gasteiger partial charge in [0.1, 0.15) is 5.65 Å². The molecule has 29 heavy (non-hydrogen) atoms. The van der Waals surface area contributed by atoms with Crippen LogP contribution < -0.4 is 5.32 Å². The number of carbonyl (C=O) groups excluding carboxylic acids is 2. The second-order valence-electron chi connectivity index (χ2n) is 7.38. The van der Waals surface area contributed by atoms with E-state index in [0.717, 1.165) is 34.5 Å². The summed E-state index contributed by atoms with van der Waals surface area (Å²) in [6.45, 7) is 8.86. The molecular formula is C23H31N3O3. The highest BCUT2D eigenvalue weighted by Crippen LogP contribution is 2.15. The molecule has 0 saturated carbocycles. The summed E-state index contributed by atoms with van der Waals surface area (Å²) in [5, 5.41) is 3.77. The lowest BCUT2D eigenvalue weighted by Gasteiger charge is -2.11. The minimum absolute atomic E-state index is 0. The number of fused-ring (bicyclic) bond motifs is 1. The van der Waals surface area contributed by atoms with Crippen LogP contribution in [-0.4, -0.2) is 29.0 Å². The molecule has 0 aliphatic heterocycles. The summed E-state index contributed by atoms with van der Waals surface area (Å²) in [4.78, 5) is 31.3. The molecule has 3 rings (SSSR count). The Labute approximate surface area is 173 Å². The van der Waals surface area contributed by atoms with E-state index in [-0.39, 0.29) is 7.33 Å². The van der Waals surface area contributed by atoms with E-state index in [1.165, 1.54) is 7.11 Å². The van der Waals surface area contributed by atoms with Crippen molar-refractivity contribution >= 4 is 22.9 Å². The predicted molar refractivity (Wildman–Crippen MR) is 117 cm³/mol. The van der Waals surface area contributed by atoms with Crippen LogP contribution in [0.3, 0.4) is 0 Å². The highest BCUT2D eigenvalue weighted by atomic mass is 16.5. The molecule has 0 aliphatic carbocycles. The number of methoxy groups -OCH3 is 1. The van der Waals surface area contributed by atoms with Gasteiger partial charge in [0.15, 0.2) is 0 Å². The molecule has 6 nitrogen and oxygen atoms in total. The summed E-state index contributed by atoms with van der Waals surface area (Å²) in [7, 11) is 1.35. The number of rotatable bonds is 5. The third-order valence-corrected chi connectivity index (χ3v) is 4.11. The van der Waals surface area contributed by atoms with Crippen LogP contribution in [0.2, 0.25) is 0 Å². The summed E-state index contributed by atoms with van der Waals surface area (Å²) < 4.78 is 4.76. The van der Waals surface area contributed by atoms with Gasteiger partial charge in [-0.3, -0.25) is 4.79 Å². The minimum atomic E-state index is -0.391. The number of benzene rings is 1. The second kappa shape index (κ2) is 10.4. The zero-order chi connectivity index (χ0) is 21.4. The van der Waals surface area contributed by atoms with Crippen molar-refractivity contribution in [3.05, 3.63) is 65.0 Å². The number of amides is 1. The summed E-state index contributed by atoms with van der Waals surface area (Å²) in [6.07, 6.45) is 4.13. The van der Waals surface area contributed by atoms with Crippen molar-refractivity contribution in [3.63, 3.8) is 0 Å². The summed E-state index contributed by atoms with van der Waals surface area (Å²) >= 11 is 0.